The van der Waals surface area contributed by atoms with Crippen LogP contribution in [0.2, 0.25) is 0 Å². The Bertz CT molecular complexity index is 518. The van der Waals surface area contributed by atoms with E-state index >= 15 is 0 Å². The number of hydrogen-bond donors (Lipinski definition) is 0. The number of hydrogen-bond acceptors (Lipinski definition) is 3. The summed E-state index contributed by atoms with van der Waals surface area (Å²) in [5.41, 5.74) is -1.56. The summed E-state index contributed by atoms with van der Waals surface area (Å²) in [7, 11) is 0. The maximum atomic E-state index is 13.0. The molecule has 0 saturated heterocycles. The van der Waals surface area contributed by atoms with Gasteiger partial charge in [-0.3, -0.25) is 10.1 Å². The van der Waals surface area contributed by atoms with Crippen LogP contribution in [0.1, 0.15) is 18.4 Å². The number of benzene rings is 1. The van der Waals surface area contributed by atoms with E-state index in [1.54, 1.807) is 0 Å². The molecule has 82 valence electrons. The first-order chi connectivity index (χ1) is 7.50. The summed E-state index contributed by atoms with van der Waals surface area (Å²) in [6.45, 7) is 0. The van der Waals surface area contributed by atoms with Crippen LogP contribution in [-0.2, 0) is 5.41 Å². The van der Waals surface area contributed by atoms with Gasteiger partial charge in [-0.25, -0.2) is 8.78 Å². The van der Waals surface area contributed by atoms with Crippen LogP contribution in [0, 0.1) is 33.1 Å². The van der Waals surface area contributed by atoms with Crippen LogP contribution in [0.15, 0.2) is 12.1 Å². The number of rotatable bonds is 2. The molecule has 1 aliphatic rings. The van der Waals surface area contributed by atoms with E-state index in [9.17, 15) is 18.9 Å². The molecule has 0 amide bonds. The summed E-state index contributed by atoms with van der Waals surface area (Å²) in [5.74, 6) is -2.44. The molecule has 1 saturated carbocycles. The molecule has 1 fully saturated rings. The van der Waals surface area contributed by atoms with Crippen LogP contribution < -0.4 is 0 Å². The SMILES string of the molecule is N#CC1(c2cc(F)c(F)cc2[N+](=O)[O-])CC1. The Morgan fingerprint density at radius 1 is 1.38 bits per heavy atom. The monoisotopic (exact) mass is 224 g/mol. The molecule has 0 atom stereocenters. The second-order valence-electron chi connectivity index (χ2n) is 3.73. The summed E-state index contributed by atoms with van der Waals surface area (Å²) in [6, 6.07) is 3.20. The third kappa shape index (κ3) is 1.41. The van der Waals surface area contributed by atoms with Crippen molar-refractivity contribution in [2.24, 2.45) is 0 Å². The molecule has 0 radical (unpaired) electrons. The van der Waals surface area contributed by atoms with Crippen molar-refractivity contribution >= 4 is 5.69 Å². The van der Waals surface area contributed by atoms with Crippen molar-refractivity contribution in [3.8, 4) is 6.07 Å². The van der Waals surface area contributed by atoms with E-state index in [1.807, 2.05) is 6.07 Å². The minimum atomic E-state index is -1.27. The maximum absolute atomic E-state index is 13.0. The lowest BCUT2D eigenvalue weighted by molar-refractivity contribution is -0.386. The van der Waals surface area contributed by atoms with Crippen molar-refractivity contribution in [1.29, 1.82) is 5.26 Å². The predicted octanol–water partition coefficient (Wildman–Crippen LogP) is 2.43. The lowest BCUT2D eigenvalue weighted by atomic mass is 9.95. The first-order valence-electron chi connectivity index (χ1n) is 4.55. The van der Waals surface area contributed by atoms with Crippen molar-refractivity contribution in [2.45, 2.75) is 18.3 Å². The van der Waals surface area contributed by atoms with E-state index < -0.39 is 27.7 Å². The molecule has 0 heterocycles. The van der Waals surface area contributed by atoms with Crippen LogP contribution in [0.4, 0.5) is 14.5 Å². The molecule has 0 aliphatic heterocycles. The van der Waals surface area contributed by atoms with Gasteiger partial charge in [0.2, 0.25) is 0 Å². The van der Waals surface area contributed by atoms with E-state index in [2.05, 4.69) is 0 Å². The maximum Gasteiger partial charge on any atom is 0.277 e. The molecule has 2 rings (SSSR count). The quantitative estimate of drug-likeness (QED) is 0.572. The van der Waals surface area contributed by atoms with Crippen molar-refractivity contribution in [3.05, 3.63) is 39.4 Å². The van der Waals surface area contributed by atoms with Gasteiger partial charge < -0.3 is 0 Å². The molecular weight excluding hydrogens is 218 g/mol. The zero-order valence-corrected chi connectivity index (χ0v) is 8.04. The van der Waals surface area contributed by atoms with Gasteiger partial charge in [-0.15, -0.1) is 0 Å². The van der Waals surface area contributed by atoms with Crippen molar-refractivity contribution in [3.63, 3.8) is 0 Å². The number of nitro benzene ring substituents is 1. The van der Waals surface area contributed by atoms with Gasteiger partial charge in [-0.2, -0.15) is 5.26 Å². The van der Waals surface area contributed by atoms with Crippen LogP contribution in [0.3, 0.4) is 0 Å². The van der Waals surface area contributed by atoms with Gasteiger partial charge in [-0.05, 0) is 18.9 Å². The van der Waals surface area contributed by atoms with Crippen LogP contribution in [0.5, 0.6) is 0 Å². The number of nitriles is 1. The molecule has 1 aromatic carbocycles. The minimum Gasteiger partial charge on any atom is -0.258 e. The minimum absolute atomic E-state index is 0.0288. The lowest BCUT2D eigenvalue weighted by Crippen LogP contribution is -2.08. The Morgan fingerprint density at radius 2 is 1.94 bits per heavy atom. The molecule has 0 aromatic heterocycles. The zero-order valence-electron chi connectivity index (χ0n) is 8.04. The highest BCUT2D eigenvalue weighted by atomic mass is 19.2. The van der Waals surface area contributed by atoms with Gasteiger partial charge in [0.15, 0.2) is 11.6 Å². The Labute approximate surface area is 89.3 Å². The predicted molar refractivity (Wildman–Crippen MR) is 49.5 cm³/mol. The highest BCUT2D eigenvalue weighted by Crippen LogP contribution is 2.50. The van der Waals surface area contributed by atoms with Gasteiger partial charge in [-0.1, -0.05) is 0 Å². The Balaban J connectivity index is 2.65. The molecule has 4 nitrogen and oxygen atoms in total. The average Bonchev–Trinajstić information content (AvgIpc) is 3.02. The molecule has 0 spiro atoms. The van der Waals surface area contributed by atoms with E-state index in [1.165, 1.54) is 0 Å². The third-order valence-corrected chi connectivity index (χ3v) is 2.71. The van der Waals surface area contributed by atoms with Crippen molar-refractivity contribution in [1.82, 2.24) is 0 Å². The first kappa shape index (κ1) is 10.5. The molecule has 1 aromatic rings. The second-order valence-corrected chi connectivity index (χ2v) is 3.73. The van der Waals surface area contributed by atoms with Gasteiger partial charge in [0.1, 0.15) is 0 Å². The van der Waals surface area contributed by atoms with Crippen molar-refractivity contribution < 1.29 is 13.7 Å². The number of nitro groups is 1. The molecule has 0 unspecified atom stereocenters. The fraction of sp³-hybridized carbons (Fsp3) is 0.300. The second kappa shape index (κ2) is 3.23. The molecular formula is C10H6F2N2O2. The van der Waals surface area contributed by atoms with Crippen molar-refractivity contribution in [2.75, 3.05) is 0 Å². The number of nitrogens with zero attached hydrogens (tertiary/aromatic N) is 2. The Kier molecular flexibility index (Phi) is 2.12. The summed E-state index contributed by atoms with van der Waals surface area (Å²) in [6.07, 6.45) is 0.880. The normalized spacial score (nSPS) is 16.6. The van der Waals surface area contributed by atoms with E-state index in [4.69, 9.17) is 5.26 Å². The molecule has 0 N–H and O–H groups in total. The average molecular weight is 224 g/mol. The van der Waals surface area contributed by atoms with E-state index in [-0.39, 0.29) is 5.56 Å². The first-order valence-corrected chi connectivity index (χ1v) is 4.55. The highest BCUT2D eigenvalue weighted by Gasteiger charge is 2.49. The fourth-order valence-electron chi connectivity index (χ4n) is 1.64. The molecule has 0 bridgehead atoms. The molecule has 1 aliphatic carbocycles. The zero-order chi connectivity index (χ0) is 11.9. The standard InChI is InChI=1S/C10H6F2N2O2/c11-7-3-6(10(5-13)1-2-10)9(14(15)16)4-8(7)12/h3-4H,1-2H2. The van der Waals surface area contributed by atoms with Crippen LogP contribution in [0.25, 0.3) is 0 Å². The van der Waals surface area contributed by atoms with Crippen LogP contribution >= 0.6 is 0 Å². The molecule has 16 heavy (non-hydrogen) atoms. The van der Waals surface area contributed by atoms with Crippen LogP contribution in [-0.4, -0.2) is 4.92 Å². The van der Waals surface area contributed by atoms with Gasteiger partial charge in [0.05, 0.1) is 28.0 Å². The highest BCUT2D eigenvalue weighted by molar-refractivity contribution is 5.52. The lowest BCUT2D eigenvalue weighted by Gasteiger charge is -2.07. The summed E-state index contributed by atoms with van der Waals surface area (Å²) in [4.78, 5) is 9.89. The molecule has 6 heteroatoms. The fourth-order valence-corrected chi connectivity index (χ4v) is 1.64. The third-order valence-electron chi connectivity index (χ3n) is 2.71. The Hall–Kier alpha value is -2.03. The summed E-state index contributed by atoms with van der Waals surface area (Å²) in [5, 5.41) is 19.6. The Morgan fingerprint density at radius 3 is 2.38 bits per heavy atom. The smallest absolute Gasteiger partial charge is 0.258 e. The van der Waals surface area contributed by atoms with E-state index in [0.29, 0.717) is 18.9 Å². The largest absolute Gasteiger partial charge is 0.277 e. The van der Waals surface area contributed by atoms with Gasteiger partial charge in [0.25, 0.3) is 5.69 Å². The van der Waals surface area contributed by atoms with Gasteiger partial charge >= 0.3 is 0 Å². The topological polar surface area (TPSA) is 66.9 Å². The summed E-state index contributed by atoms with van der Waals surface area (Å²) >= 11 is 0. The number of halogens is 2. The van der Waals surface area contributed by atoms with Gasteiger partial charge in [0, 0.05) is 0 Å². The summed E-state index contributed by atoms with van der Waals surface area (Å²) < 4.78 is 25.9. The van der Waals surface area contributed by atoms with E-state index in [0.717, 1.165) is 6.07 Å².